The number of hydrogen-bond acceptors (Lipinski definition) is 3. The zero-order chi connectivity index (χ0) is 19.8. The summed E-state index contributed by atoms with van der Waals surface area (Å²) in [5.74, 6) is 1.83. The summed E-state index contributed by atoms with van der Waals surface area (Å²) in [7, 11) is 0. The maximum Gasteiger partial charge on any atom is 0.137 e. The van der Waals surface area contributed by atoms with Crippen LogP contribution in [0.2, 0.25) is 0 Å². The number of benzene rings is 2. The maximum atomic E-state index is 5.86. The van der Waals surface area contributed by atoms with Gasteiger partial charge >= 0.3 is 0 Å². The molecule has 29 heavy (non-hydrogen) atoms. The zero-order valence-electron chi connectivity index (χ0n) is 16.7. The van der Waals surface area contributed by atoms with Crippen LogP contribution in [0.3, 0.4) is 0 Å². The van der Waals surface area contributed by atoms with Crippen LogP contribution in [0.15, 0.2) is 73.1 Å². The quantitative estimate of drug-likeness (QED) is 0.409. The van der Waals surface area contributed by atoms with Crippen molar-refractivity contribution in [2.75, 3.05) is 0 Å². The molecular formula is C25H24N2O2. The Morgan fingerprint density at radius 3 is 2.17 bits per heavy atom. The minimum atomic E-state index is 0.173. The number of hydrogen-bond donors (Lipinski definition) is 0. The van der Waals surface area contributed by atoms with Gasteiger partial charge in [0.05, 0.1) is 24.1 Å². The van der Waals surface area contributed by atoms with E-state index in [9.17, 15) is 0 Å². The topological polar surface area (TPSA) is 35.8 Å². The molecule has 2 aromatic carbocycles. The van der Waals surface area contributed by atoms with E-state index in [0.29, 0.717) is 6.10 Å². The third-order valence-electron chi connectivity index (χ3n) is 5.04. The summed E-state index contributed by atoms with van der Waals surface area (Å²) in [6.07, 6.45) is 6.99. The molecule has 146 valence electrons. The highest BCUT2D eigenvalue weighted by Crippen LogP contribution is 2.30. The lowest BCUT2D eigenvalue weighted by Crippen LogP contribution is -2.05. The number of aromatic nitrogens is 2. The Kier molecular flexibility index (Phi) is 4.47. The number of fused-ring (bicyclic) bond motifs is 1. The van der Waals surface area contributed by atoms with Crippen molar-refractivity contribution in [2.45, 2.75) is 38.9 Å². The molecule has 2 aromatic heterocycles. The summed E-state index contributed by atoms with van der Waals surface area (Å²) in [5.41, 5.74) is 5.41. The minimum absolute atomic E-state index is 0.173. The molecule has 0 spiro atoms. The van der Waals surface area contributed by atoms with E-state index in [4.69, 9.17) is 9.47 Å². The lowest BCUT2D eigenvalue weighted by atomic mass is 10.1. The molecule has 4 nitrogen and oxygen atoms in total. The van der Waals surface area contributed by atoms with Gasteiger partial charge in [0.25, 0.3) is 0 Å². The van der Waals surface area contributed by atoms with Crippen molar-refractivity contribution in [1.29, 1.82) is 0 Å². The van der Waals surface area contributed by atoms with Crippen LogP contribution < -0.4 is 9.47 Å². The fourth-order valence-electron chi connectivity index (χ4n) is 3.45. The van der Waals surface area contributed by atoms with Crippen molar-refractivity contribution in [3.05, 3.63) is 73.1 Å². The SMILES string of the molecule is CC(C)Oc1ccc(-c2ccc3ncc(-c4ccc(OC5CC5)cc4)n3c2)cc1. The molecule has 5 rings (SSSR count). The van der Waals surface area contributed by atoms with Gasteiger partial charge < -0.3 is 9.47 Å². The maximum absolute atomic E-state index is 5.86. The first-order valence-electron chi connectivity index (χ1n) is 10.2. The Balaban J connectivity index is 1.45. The van der Waals surface area contributed by atoms with Crippen LogP contribution in [0.25, 0.3) is 28.0 Å². The monoisotopic (exact) mass is 384 g/mol. The van der Waals surface area contributed by atoms with E-state index in [1.807, 2.05) is 44.3 Å². The van der Waals surface area contributed by atoms with Crippen molar-refractivity contribution >= 4 is 5.65 Å². The normalized spacial score (nSPS) is 13.8. The van der Waals surface area contributed by atoms with Crippen molar-refractivity contribution < 1.29 is 9.47 Å². The van der Waals surface area contributed by atoms with Gasteiger partial charge in [-0.15, -0.1) is 0 Å². The van der Waals surface area contributed by atoms with Crippen molar-refractivity contribution in [3.8, 4) is 33.9 Å². The van der Waals surface area contributed by atoms with Gasteiger partial charge in [-0.25, -0.2) is 4.98 Å². The van der Waals surface area contributed by atoms with Gasteiger partial charge in [-0.3, -0.25) is 4.40 Å². The average Bonchev–Trinajstić information content (AvgIpc) is 3.44. The summed E-state index contributed by atoms with van der Waals surface area (Å²) in [6.45, 7) is 4.07. The Bertz CT molecular complexity index is 1120. The van der Waals surface area contributed by atoms with Gasteiger partial charge in [-0.2, -0.15) is 0 Å². The highest BCUT2D eigenvalue weighted by molar-refractivity contribution is 5.69. The molecule has 2 heterocycles. The Labute approximate surface area is 170 Å². The first-order chi connectivity index (χ1) is 14.2. The van der Waals surface area contributed by atoms with E-state index in [1.54, 1.807) is 0 Å². The van der Waals surface area contributed by atoms with Crippen LogP contribution in [0.5, 0.6) is 11.5 Å². The molecule has 0 bridgehead atoms. The van der Waals surface area contributed by atoms with Crippen LogP contribution in [0.1, 0.15) is 26.7 Å². The van der Waals surface area contributed by atoms with E-state index in [0.717, 1.165) is 39.5 Å². The molecule has 0 N–H and O–H groups in total. The smallest absolute Gasteiger partial charge is 0.137 e. The van der Waals surface area contributed by atoms with Crippen LogP contribution in [0.4, 0.5) is 0 Å². The molecule has 4 heteroatoms. The lowest BCUT2D eigenvalue weighted by molar-refractivity contribution is 0.242. The first-order valence-corrected chi connectivity index (χ1v) is 10.2. The molecule has 1 fully saturated rings. The number of pyridine rings is 1. The van der Waals surface area contributed by atoms with Gasteiger partial charge in [0.1, 0.15) is 17.1 Å². The highest BCUT2D eigenvalue weighted by atomic mass is 16.5. The second-order valence-electron chi connectivity index (χ2n) is 7.82. The fourth-order valence-corrected chi connectivity index (χ4v) is 3.45. The molecule has 1 saturated carbocycles. The summed E-state index contributed by atoms with van der Waals surface area (Å²) in [5, 5.41) is 0. The van der Waals surface area contributed by atoms with Crippen LogP contribution in [-0.4, -0.2) is 21.6 Å². The van der Waals surface area contributed by atoms with Crippen molar-refractivity contribution in [3.63, 3.8) is 0 Å². The third-order valence-corrected chi connectivity index (χ3v) is 5.04. The zero-order valence-corrected chi connectivity index (χ0v) is 16.7. The van der Waals surface area contributed by atoms with Gasteiger partial charge in [-0.1, -0.05) is 12.1 Å². The Hall–Kier alpha value is -3.27. The minimum Gasteiger partial charge on any atom is -0.491 e. The average molecular weight is 384 g/mol. The van der Waals surface area contributed by atoms with E-state index in [1.165, 1.54) is 12.8 Å². The fraction of sp³-hybridized carbons (Fsp3) is 0.240. The standard InChI is InChI=1S/C25H24N2O2/c1-17(2)28-21-8-3-18(4-9-21)20-7-14-25-26-15-24(27(25)16-20)19-5-10-22(11-6-19)29-23-12-13-23/h3-11,14-17,23H,12-13H2,1-2H3. The van der Waals surface area contributed by atoms with Crippen LogP contribution in [-0.2, 0) is 0 Å². The van der Waals surface area contributed by atoms with Crippen LogP contribution >= 0.6 is 0 Å². The molecule has 0 atom stereocenters. The molecule has 0 aliphatic heterocycles. The molecule has 0 amide bonds. The molecule has 0 unspecified atom stereocenters. The van der Waals surface area contributed by atoms with E-state index < -0.39 is 0 Å². The van der Waals surface area contributed by atoms with E-state index in [2.05, 4.69) is 52.0 Å². The highest BCUT2D eigenvalue weighted by Gasteiger charge is 2.23. The summed E-state index contributed by atoms with van der Waals surface area (Å²) in [6, 6.07) is 20.7. The van der Waals surface area contributed by atoms with Crippen molar-refractivity contribution in [1.82, 2.24) is 9.38 Å². The number of ether oxygens (including phenoxy) is 2. The predicted octanol–water partition coefficient (Wildman–Crippen LogP) is 6.00. The lowest BCUT2D eigenvalue weighted by Gasteiger charge is -2.11. The Morgan fingerprint density at radius 1 is 0.828 bits per heavy atom. The second kappa shape index (κ2) is 7.28. The molecule has 0 saturated heterocycles. The summed E-state index contributed by atoms with van der Waals surface area (Å²) < 4.78 is 13.8. The van der Waals surface area contributed by atoms with Gasteiger partial charge in [0.2, 0.25) is 0 Å². The molecule has 1 aliphatic rings. The third kappa shape index (κ3) is 3.83. The van der Waals surface area contributed by atoms with E-state index >= 15 is 0 Å². The second-order valence-corrected chi connectivity index (χ2v) is 7.82. The summed E-state index contributed by atoms with van der Waals surface area (Å²) in [4.78, 5) is 4.57. The van der Waals surface area contributed by atoms with Gasteiger partial charge in [0, 0.05) is 11.8 Å². The molecular weight excluding hydrogens is 360 g/mol. The predicted molar refractivity (Wildman–Crippen MR) is 115 cm³/mol. The number of nitrogens with zero attached hydrogens (tertiary/aromatic N) is 2. The largest absolute Gasteiger partial charge is 0.491 e. The molecule has 0 radical (unpaired) electrons. The molecule has 4 aromatic rings. The van der Waals surface area contributed by atoms with Crippen molar-refractivity contribution in [2.24, 2.45) is 0 Å². The first kappa shape index (κ1) is 17.8. The van der Waals surface area contributed by atoms with E-state index in [-0.39, 0.29) is 6.10 Å². The molecule has 1 aliphatic carbocycles. The van der Waals surface area contributed by atoms with Crippen LogP contribution in [0, 0.1) is 0 Å². The Morgan fingerprint density at radius 2 is 1.48 bits per heavy atom. The number of imidazole rings is 1. The summed E-state index contributed by atoms with van der Waals surface area (Å²) >= 11 is 0. The number of rotatable bonds is 6. The van der Waals surface area contributed by atoms with Gasteiger partial charge in [-0.05, 0) is 86.3 Å². The van der Waals surface area contributed by atoms with Gasteiger partial charge in [0.15, 0.2) is 0 Å².